The first-order valence-electron chi connectivity index (χ1n) is 9.07. The van der Waals surface area contributed by atoms with Crippen molar-refractivity contribution in [3.63, 3.8) is 0 Å². The number of nitrogens with zero attached hydrogens (tertiary/aromatic N) is 2. The van der Waals surface area contributed by atoms with Crippen LogP contribution < -0.4 is 0 Å². The van der Waals surface area contributed by atoms with Gasteiger partial charge >= 0.3 is 0 Å². The predicted octanol–water partition coefficient (Wildman–Crippen LogP) is 5.29. The molecule has 3 aromatic carbocycles. The summed E-state index contributed by atoms with van der Waals surface area (Å²) in [6, 6.07) is 34.0. The molecule has 0 saturated heterocycles. The highest BCUT2D eigenvalue weighted by atomic mass is 15.3. The van der Waals surface area contributed by atoms with Gasteiger partial charge in [-0.1, -0.05) is 97.9 Å². The van der Waals surface area contributed by atoms with Crippen LogP contribution >= 0.6 is 0 Å². The number of hydrogen-bond acceptors (Lipinski definition) is 1. The second-order valence-corrected chi connectivity index (χ2v) is 6.41. The SMILES string of the molecule is CCc1ccn(C(c2ccccc2)(c2ccccc2)c2ccccc2)n1. The predicted molar refractivity (Wildman–Crippen MR) is 106 cm³/mol. The Bertz CT molecular complexity index is 860. The van der Waals surface area contributed by atoms with Crippen LogP contribution in [0.25, 0.3) is 0 Å². The average Bonchev–Trinajstić information content (AvgIpc) is 3.21. The van der Waals surface area contributed by atoms with Crippen LogP contribution in [0.4, 0.5) is 0 Å². The molecule has 0 unspecified atom stereocenters. The van der Waals surface area contributed by atoms with Gasteiger partial charge in [0.25, 0.3) is 0 Å². The molecule has 1 heterocycles. The van der Waals surface area contributed by atoms with Gasteiger partial charge in [-0.2, -0.15) is 5.10 Å². The van der Waals surface area contributed by atoms with Crippen molar-refractivity contribution in [3.05, 3.63) is 126 Å². The summed E-state index contributed by atoms with van der Waals surface area (Å²) >= 11 is 0. The molecule has 0 saturated carbocycles. The number of benzene rings is 3. The van der Waals surface area contributed by atoms with Gasteiger partial charge in [0, 0.05) is 6.20 Å². The maximum atomic E-state index is 4.95. The van der Waals surface area contributed by atoms with Gasteiger partial charge in [-0.25, -0.2) is 0 Å². The van der Waals surface area contributed by atoms with Crippen molar-refractivity contribution in [1.82, 2.24) is 9.78 Å². The molecule has 0 radical (unpaired) electrons. The molecule has 0 spiro atoms. The minimum atomic E-state index is -0.503. The lowest BCUT2D eigenvalue weighted by Gasteiger charge is -2.36. The van der Waals surface area contributed by atoms with Gasteiger partial charge in [0.2, 0.25) is 0 Å². The van der Waals surface area contributed by atoms with Crippen LogP contribution in [0.2, 0.25) is 0 Å². The van der Waals surface area contributed by atoms with Crippen molar-refractivity contribution in [1.29, 1.82) is 0 Å². The third-order valence-electron chi connectivity index (χ3n) is 4.92. The van der Waals surface area contributed by atoms with Crippen molar-refractivity contribution in [2.45, 2.75) is 18.9 Å². The fraction of sp³-hybridized carbons (Fsp3) is 0.125. The zero-order valence-corrected chi connectivity index (χ0v) is 14.9. The lowest BCUT2D eigenvalue weighted by atomic mass is 9.77. The Morgan fingerprint density at radius 3 is 1.42 bits per heavy atom. The van der Waals surface area contributed by atoms with E-state index < -0.39 is 5.54 Å². The molecular formula is C24H22N2. The third-order valence-corrected chi connectivity index (χ3v) is 4.92. The van der Waals surface area contributed by atoms with E-state index in [1.807, 2.05) is 0 Å². The van der Waals surface area contributed by atoms with E-state index in [0.29, 0.717) is 0 Å². The Morgan fingerprint density at radius 2 is 1.08 bits per heavy atom. The van der Waals surface area contributed by atoms with E-state index in [4.69, 9.17) is 5.10 Å². The smallest absolute Gasteiger partial charge is 0.137 e. The molecule has 0 amide bonds. The summed E-state index contributed by atoms with van der Waals surface area (Å²) < 4.78 is 2.12. The maximum Gasteiger partial charge on any atom is 0.137 e. The second kappa shape index (κ2) is 7.01. The molecule has 2 heteroatoms. The van der Waals surface area contributed by atoms with E-state index in [-0.39, 0.29) is 0 Å². The summed E-state index contributed by atoms with van der Waals surface area (Å²) in [5.41, 5.74) is 4.18. The highest BCUT2D eigenvalue weighted by Gasteiger charge is 2.39. The van der Waals surface area contributed by atoms with Gasteiger partial charge in [-0.3, -0.25) is 4.68 Å². The molecule has 26 heavy (non-hydrogen) atoms. The van der Waals surface area contributed by atoms with Crippen LogP contribution in [-0.4, -0.2) is 9.78 Å². The van der Waals surface area contributed by atoms with Crippen molar-refractivity contribution >= 4 is 0 Å². The van der Waals surface area contributed by atoms with Crippen LogP contribution in [0.3, 0.4) is 0 Å². The average molecular weight is 338 g/mol. The Balaban J connectivity index is 2.10. The zero-order chi connectivity index (χ0) is 17.8. The van der Waals surface area contributed by atoms with Gasteiger partial charge in [-0.05, 0) is 29.2 Å². The van der Waals surface area contributed by atoms with Crippen molar-refractivity contribution in [3.8, 4) is 0 Å². The van der Waals surface area contributed by atoms with Gasteiger partial charge in [0.05, 0.1) is 5.69 Å². The first kappa shape index (κ1) is 16.3. The van der Waals surface area contributed by atoms with E-state index in [9.17, 15) is 0 Å². The Hall–Kier alpha value is -3.13. The van der Waals surface area contributed by atoms with Crippen LogP contribution in [0, 0.1) is 0 Å². The summed E-state index contributed by atoms with van der Waals surface area (Å²) in [6.45, 7) is 2.14. The molecule has 0 aliphatic carbocycles. The van der Waals surface area contributed by atoms with Crippen LogP contribution in [0.5, 0.6) is 0 Å². The lowest BCUT2D eigenvalue weighted by molar-refractivity contribution is 0.456. The molecule has 0 N–H and O–H groups in total. The van der Waals surface area contributed by atoms with Crippen LogP contribution in [0.1, 0.15) is 29.3 Å². The molecular weight excluding hydrogens is 316 g/mol. The molecule has 0 aliphatic rings. The number of aryl methyl sites for hydroxylation is 1. The van der Waals surface area contributed by atoms with Crippen molar-refractivity contribution < 1.29 is 0 Å². The summed E-state index contributed by atoms with van der Waals surface area (Å²) in [6.07, 6.45) is 3.02. The molecule has 0 bridgehead atoms. The normalized spacial score (nSPS) is 11.4. The first-order valence-corrected chi connectivity index (χ1v) is 9.07. The second-order valence-electron chi connectivity index (χ2n) is 6.41. The zero-order valence-electron chi connectivity index (χ0n) is 14.9. The summed E-state index contributed by atoms with van der Waals surface area (Å²) in [7, 11) is 0. The number of aromatic nitrogens is 2. The van der Waals surface area contributed by atoms with Crippen molar-refractivity contribution in [2.75, 3.05) is 0 Å². The Kier molecular flexibility index (Phi) is 4.40. The minimum Gasteiger partial charge on any atom is -0.253 e. The molecule has 4 aromatic rings. The lowest BCUT2D eigenvalue weighted by Crippen LogP contribution is -2.38. The van der Waals surface area contributed by atoms with Gasteiger partial charge in [-0.15, -0.1) is 0 Å². The Morgan fingerprint density at radius 1 is 0.654 bits per heavy atom. The molecule has 0 aliphatic heterocycles. The largest absolute Gasteiger partial charge is 0.253 e. The summed E-state index contributed by atoms with van der Waals surface area (Å²) in [5, 5.41) is 4.95. The maximum absolute atomic E-state index is 4.95. The molecule has 2 nitrogen and oxygen atoms in total. The standard InChI is InChI=1S/C24H22N2/c1-2-23-18-19-26(25-23)24(20-12-6-3-7-13-20,21-14-8-4-9-15-21)22-16-10-5-11-17-22/h3-19H,2H2,1H3. The summed E-state index contributed by atoms with van der Waals surface area (Å²) in [5.74, 6) is 0. The molecule has 4 rings (SSSR count). The highest BCUT2D eigenvalue weighted by Crippen LogP contribution is 2.40. The van der Waals surface area contributed by atoms with Crippen LogP contribution in [0.15, 0.2) is 103 Å². The number of hydrogen-bond donors (Lipinski definition) is 0. The van der Waals surface area contributed by atoms with E-state index in [1.54, 1.807) is 0 Å². The highest BCUT2D eigenvalue weighted by molar-refractivity contribution is 5.50. The fourth-order valence-electron chi connectivity index (χ4n) is 3.67. The molecule has 128 valence electrons. The van der Waals surface area contributed by atoms with E-state index in [0.717, 1.165) is 12.1 Å². The number of rotatable bonds is 5. The monoisotopic (exact) mass is 338 g/mol. The Labute approximate surface area is 154 Å². The fourth-order valence-corrected chi connectivity index (χ4v) is 3.67. The van der Waals surface area contributed by atoms with Crippen LogP contribution in [-0.2, 0) is 12.0 Å². The van der Waals surface area contributed by atoms with Crippen molar-refractivity contribution in [2.24, 2.45) is 0 Å². The van der Waals surface area contributed by atoms with E-state index in [2.05, 4.69) is 115 Å². The van der Waals surface area contributed by atoms with Gasteiger partial charge < -0.3 is 0 Å². The van der Waals surface area contributed by atoms with Gasteiger partial charge in [0.15, 0.2) is 0 Å². The molecule has 0 atom stereocenters. The molecule has 0 fully saturated rings. The van der Waals surface area contributed by atoms with E-state index >= 15 is 0 Å². The minimum absolute atomic E-state index is 0.503. The molecule has 1 aromatic heterocycles. The third kappa shape index (κ3) is 2.64. The summed E-state index contributed by atoms with van der Waals surface area (Å²) in [4.78, 5) is 0. The van der Waals surface area contributed by atoms with Gasteiger partial charge in [0.1, 0.15) is 5.54 Å². The van der Waals surface area contributed by atoms with E-state index in [1.165, 1.54) is 16.7 Å². The quantitative estimate of drug-likeness (QED) is 0.452. The first-order chi connectivity index (χ1) is 12.9. The topological polar surface area (TPSA) is 17.8 Å².